The fourth-order valence-corrected chi connectivity index (χ4v) is 3.91. The summed E-state index contributed by atoms with van der Waals surface area (Å²) in [6.07, 6.45) is 2.03. The predicted octanol–water partition coefficient (Wildman–Crippen LogP) is 0.948. The van der Waals surface area contributed by atoms with Crippen molar-refractivity contribution in [3.8, 4) is 0 Å². The van der Waals surface area contributed by atoms with Crippen molar-refractivity contribution >= 4 is 23.8 Å². The number of benzene rings is 1. The number of rotatable bonds is 8. The molecular weight excluding hydrogens is 417 g/mol. The van der Waals surface area contributed by atoms with Crippen molar-refractivity contribution in [2.24, 2.45) is 5.92 Å². The van der Waals surface area contributed by atoms with Gasteiger partial charge < -0.3 is 10.6 Å². The van der Waals surface area contributed by atoms with Crippen molar-refractivity contribution in [3.05, 3.63) is 35.6 Å². The number of piperidine rings is 1. The highest BCUT2D eigenvalue weighted by molar-refractivity contribution is 6.07. The Morgan fingerprint density at radius 3 is 2.53 bits per heavy atom. The number of likely N-dealkylation sites (tertiary alicyclic amines) is 1. The molecule has 0 aliphatic carbocycles. The molecule has 32 heavy (non-hydrogen) atoms. The molecule has 3 N–H and O–H groups in total. The third-order valence-electron chi connectivity index (χ3n) is 6.18. The molecule has 0 spiro atoms. The first-order valence-electron chi connectivity index (χ1n) is 10.9. The molecule has 2 fully saturated rings. The number of amides is 5. The largest absolute Gasteiger partial charge is 0.356 e. The van der Waals surface area contributed by atoms with Gasteiger partial charge in [-0.3, -0.25) is 24.7 Å². The highest BCUT2D eigenvalue weighted by atomic mass is 19.1. The molecule has 1 aromatic carbocycles. The average Bonchev–Trinajstić information content (AvgIpc) is 2.99. The number of halogens is 1. The van der Waals surface area contributed by atoms with Crippen LogP contribution in [-0.2, 0) is 20.8 Å². The van der Waals surface area contributed by atoms with Crippen molar-refractivity contribution in [2.45, 2.75) is 45.1 Å². The molecule has 0 aromatic heterocycles. The zero-order chi connectivity index (χ0) is 23.3. The topological polar surface area (TPSA) is 111 Å². The summed E-state index contributed by atoms with van der Waals surface area (Å²) in [5.74, 6) is -1.44. The van der Waals surface area contributed by atoms with E-state index < -0.39 is 23.4 Å². The lowest BCUT2D eigenvalue weighted by Gasteiger charge is -2.31. The first-order chi connectivity index (χ1) is 15.2. The number of urea groups is 1. The van der Waals surface area contributed by atoms with E-state index in [9.17, 15) is 23.6 Å². The number of hydrazine groups is 1. The van der Waals surface area contributed by atoms with E-state index in [0.717, 1.165) is 5.01 Å². The maximum atomic E-state index is 13.6. The molecule has 5 amide bonds. The molecule has 0 radical (unpaired) electrons. The monoisotopic (exact) mass is 447 g/mol. The second-order valence-electron chi connectivity index (χ2n) is 8.47. The smallest absolute Gasteiger partial charge is 0.344 e. The number of imide groups is 1. The lowest BCUT2D eigenvalue weighted by Crippen LogP contribution is -2.52. The Hall–Kier alpha value is -3.01. The summed E-state index contributed by atoms with van der Waals surface area (Å²) in [7, 11) is 0. The molecule has 2 saturated heterocycles. The normalized spacial score (nSPS) is 22.0. The van der Waals surface area contributed by atoms with Crippen LogP contribution in [0.4, 0.5) is 9.18 Å². The summed E-state index contributed by atoms with van der Waals surface area (Å²) in [5, 5.41) is 6.18. The van der Waals surface area contributed by atoms with Crippen molar-refractivity contribution in [3.63, 3.8) is 0 Å². The van der Waals surface area contributed by atoms with Gasteiger partial charge in [-0.1, -0.05) is 25.1 Å². The minimum absolute atomic E-state index is 0.0293. The number of carbonyl (C=O) groups excluding carboxylic acids is 4. The maximum absolute atomic E-state index is 13.6. The van der Waals surface area contributed by atoms with E-state index >= 15 is 0 Å². The molecule has 2 heterocycles. The van der Waals surface area contributed by atoms with E-state index in [1.165, 1.54) is 6.07 Å². The molecule has 3 rings (SSSR count). The van der Waals surface area contributed by atoms with Crippen molar-refractivity contribution < 1.29 is 23.6 Å². The summed E-state index contributed by atoms with van der Waals surface area (Å²) in [4.78, 5) is 51.0. The van der Waals surface area contributed by atoms with Gasteiger partial charge in [-0.2, -0.15) is 5.01 Å². The van der Waals surface area contributed by atoms with Crippen LogP contribution in [0, 0.1) is 11.7 Å². The molecule has 9 nitrogen and oxygen atoms in total. The Bertz CT molecular complexity index is 887. The van der Waals surface area contributed by atoms with Crippen LogP contribution in [0.15, 0.2) is 24.3 Å². The van der Waals surface area contributed by atoms with Gasteiger partial charge in [0.25, 0.3) is 11.8 Å². The van der Waals surface area contributed by atoms with E-state index in [1.807, 2.05) is 4.90 Å². The van der Waals surface area contributed by atoms with Crippen molar-refractivity contribution in [1.29, 1.82) is 0 Å². The number of nitrogens with zero attached hydrogens (tertiary/aromatic N) is 2. The number of carbonyl (C=O) groups is 4. The van der Waals surface area contributed by atoms with Crippen LogP contribution in [0.25, 0.3) is 0 Å². The van der Waals surface area contributed by atoms with E-state index in [-0.39, 0.29) is 24.2 Å². The van der Waals surface area contributed by atoms with Gasteiger partial charge in [-0.05, 0) is 57.3 Å². The van der Waals surface area contributed by atoms with E-state index in [2.05, 4.69) is 16.1 Å². The zero-order valence-electron chi connectivity index (χ0n) is 18.4. The molecule has 0 bridgehead atoms. The first kappa shape index (κ1) is 23.6. The Balaban J connectivity index is 1.38. The van der Waals surface area contributed by atoms with Gasteiger partial charge in [-0.25, -0.2) is 9.18 Å². The van der Waals surface area contributed by atoms with Crippen LogP contribution in [0.3, 0.4) is 0 Å². The molecule has 1 aromatic rings. The zero-order valence-corrected chi connectivity index (χ0v) is 18.4. The van der Waals surface area contributed by atoms with E-state index in [1.54, 1.807) is 32.0 Å². The first-order valence-corrected chi connectivity index (χ1v) is 10.9. The van der Waals surface area contributed by atoms with Gasteiger partial charge in [-0.15, -0.1) is 0 Å². The summed E-state index contributed by atoms with van der Waals surface area (Å²) in [6.45, 7) is 4.89. The summed E-state index contributed by atoms with van der Waals surface area (Å²) < 4.78 is 13.6. The quantitative estimate of drug-likeness (QED) is 0.514. The Kier molecular flexibility index (Phi) is 7.44. The molecule has 174 valence electrons. The molecule has 1 unspecified atom stereocenters. The summed E-state index contributed by atoms with van der Waals surface area (Å²) >= 11 is 0. The van der Waals surface area contributed by atoms with Crippen LogP contribution >= 0.6 is 0 Å². The highest BCUT2D eigenvalue weighted by Gasteiger charge is 2.47. The molecule has 2 aliphatic heterocycles. The lowest BCUT2D eigenvalue weighted by atomic mass is 9.96. The third kappa shape index (κ3) is 5.42. The molecule has 2 aliphatic rings. The number of nitrogens with one attached hydrogen (secondary N) is 3. The number of hydrogen-bond donors (Lipinski definition) is 3. The van der Waals surface area contributed by atoms with Crippen LogP contribution in [0.2, 0.25) is 0 Å². The second kappa shape index (κ2) is 10.1. The van der Waals surface area contributed by atoms with Gasteiger partial charge in [0.15, 0.2) is 0 Å². The molecule has 1 atom stereocenters. The maximum Gasteiger partial charge on any atom is 0.344 e. The van der Waals surface area contributed by atoms with Crippen LogP contribution in [-0.4, -0.2) is 65.4 Å². The number of hydrogen-bond acceptors (Lipinski definition) is 5. The third-order valence-corrected chi connectivity index (χ3v) is 6.18. The van der Waals surface area contributed by atoms with E-state index in [4.69, 9.17) is 0 Å². The standard InChI is InChI=1S/C22H30FN5O4/c1-3-22(2)20(31)28(21(32)25-22)26-18(29)14-27-12-9-16(10-13-27)19(30)24-11-8-15-6-4-5-7-17(15)23/h4-7,16H,3,8-14H2,1-2H3,(H,24,30)(H,25,32)(H,26,29). The molecular formula is C22H30FN5O4. The highest BCUT2D eigenvalue weighted by Crippen LogP contribution is 2.20. The Labute approximate surface area is 186 Å². The fourth-order valence-electron chi connectivity index (χ4n) is 3.91. The second-order valence-corrected chi connectivity index (χ2v) is 8.47. The Morgan fingerprint density at radius 2 is 1.91 bits per heavy atom. The Morgan fingerprint density at radius 1 is 1.22 bits per heavy atom. The van der Waals surface area contributed by atoms with Crippen LogP contribution in [0.1, 0.15) is 38.7 Å². The van der Waals surface area contributed by atoms with Crippen molar-refractivity contribution in [2.75, 3.05) is 26.2 Å². The van der Waals surface area contributed by atoms with Gasteiger partial charge in [0.2, 0.25) is 5.91 Å². The van der Waals surface area contributed by atoms with Crippen LogP contribution < -0.4 is 16.1 Å². The summed E-state index contributed by atoms with van der Waals surface area (Å²) in [5.41, 5.74) is 1.93. The summed E-state index contributed by atoms with van der Waals surface area (Å²) in [6, 6.07) is 5.86. The molecule has 10 heteroatoms. The predicted molar refractivity (Wildman–Crippen MR) is 114 cm³/mol. The SMILES string of the molecule is CCC1(C)NC(=O)N(NC(=O)CN2CCC(C(=O)NCCc3ccccc3F)CC2)C1=O. The minimum atomic E-state index is -1.01. The molecule has 0 saturated carbocycles. The van der Waals surface area contributed by atoms with Gasteiger partial charge >= 0.3 is 6.03 Å². The lowest BCUT2D eigenvalue weighted by molar-refractivity contribution is -0.139. The van der Waals surface area contributed by atoms with Gasteiger partial charge in [0.1, 0.15) is 11.4 Å². The average molecular weight is 448 g/mol. The fraction of sp³-hybridized carbons (Fsp3) is 0.545. The van der Waals surface area contributed by atoms with Crippen LogP contribution in [0.5, 0.6) is 0 Å². The van der Waals surface area contributed by atoms with E-state index in [0.29, 0.717) is 50.9 Å². The minimum Gasteiger partial charge on any atom is -0.356 e. The van der Waals surface area contributed by atoms with Gasteiger partial charge in [0, 0.05) is 12.5 Å². The van der Waals surface area contributed by atoms with Gasteiger partial charge in [0.05, 0.1) is 6.54 Å². The van der Waals surface area contributed by atoms with Crippen molar-refractivity contribution in [1.82, 2.24) is 26.0 Å².